The Morgan fingerprint density at radius 1 is 1.47 bits per heavy atom. The largest absolute Gasteiger partial charge is 0.370 e. The van der Waals surface area contributed by atoms with Crippen molar-refractivity contribution in [1.29, 1.82) is 0 Å². The molecule has 1 fully saturated rings. The summed E-state index contributed by atoms with van der Waals surface area (Å²) in [6.07, 6.45) is 4.01. The van der Waals surface area contributed by atoms with Gasteiger partial charge in [-0.1, -0.05) is 0 Å². The second-order valence-electron chi connectivity index (χ2n) is 5.06. The van der Waals surface area contributed by atoms with Crippen molar-refractivity contribution in [2.24, 2.45) is 5.73 Å². The first kappa shape index (κ1) is 12.5. The summed E-state index contributed by atoms with van der Waals surface area (Å²) in [7, 11) is 1.75. The molecular formula is C13H21N3O. The lowest BCUT2D eigenvalue weighted by molar-refractivity contribution is -0.0849. The van der Waals surface area contributed by atoms with E-state index in [0.29, 0.717) is 0 Å². The van der Waals surface area contributed by atoms with Crippen LogP contribution >= 0.6 is 0 Å². The lowest BCUT2D eigenvalue weighted by atomic mass is 9.79. The molecule has 1 aliphatic carbocycles. The molecule has 0 spiro atoms. The highest BCUT2D eigenvalue weighted by Crippen LogP contribution is 2.42. The molecule has 2 N–H and O–H groups in total. The summed E-state index contributed by atoms with van der Waals surface area (Å²) in [5.41, 5.74) is 7.60. The smallest absolute Gasteiger partial charge is 0.160 e. The van der Waals surface area contributed by atoms with Crippen molar-refractivity contribution in [2.45, 2.75) is 51.2 Å². The van der Waals surface area contributed by atoms with Crippen LogP contribution in [0.4, 0.5) is 0 Å². The van der Waals surface area contributed by atoms with Gasteiger partial charge in [-0.15, -0.1) is 0 Å². The number of rotatable bonds is 4. The Kier molecular flexibility index (Phi) is 3.45. The molecule has 4 heteroatoms. The molecule has 1 saturated carbocycles. The van der Waals surface area contributed by atoms with Gasteiger partial charge in [-0.05, 0) is 39.2 Å². The Morgan fingerprint density at radius 3 is 2.65 bits per heavy atom. The van der Waals surface area contributed by atoms with Crippen molar-refractivity contribution < 1.29 is 4.74 Å². The molecule has 0 radical (unpaired) electrons. The predicted molar refractivity (Wildman–Crippen MR) is 66.7 cm³/mol. The minimum absolute atomic E-state index is 0.122. The number of hydrogen-bond donors (Lipinski definition) is 1. The van der Waals surface area contributed by atoms with Gasteiger partial charge in [0.1, 0.15) is 5.60 Å². The van der Waals surface area contributed by atoms with Crippen molar-refractivity contribution >= 4 is 0 Å². The lowest BCUT2D eigenvalue weighted by Crippen LogP contribution is -2.38. The van der Waals surface area contributed by atoms with E-state index in [1.54, 1.807) is 7.11 Å². The van der Waals surface area contributed by atoms with E-state index in [4.69, 9.17) is 10.5 Å². The van der Waals surface area contributed by atoms with Gasteiger partial charge in [-0.25, -0.2) is 9.97 Å². The molecule has 0 bridgehead atoms. The normalized spacial score (nSPS) is 19.8. The fourth-order valence-electron chi connectivity index (χ4n) is 2.29. The monoisotopic (exact) mass is 235 g/mol. The maximum atomic E-state index is 5.82. The summed E-state index contributed by atoms with van der Waals surface area (Å²) >= 11 is 0. The topological polar surface area (TPSA) is 61.0 Å². The van der Waals surface area contributed by atoms with Crippen LogP contribution in [0.25, 0.3) is 0 Å². The standard InChI is InChI=1S/C13H21N3O/c1-9(14)7-11-8-10(2)15-12(16-11)13(17-3)5-4-6-13/h8-9H,4-7,14H2,1-3H3. The number of nitrogens with zero attached hydrogens (tertiary/aromatic N) is 2. The van der Waals surface area contributed by atoms with Crippen molar-refractivity contribution in [2.75, 3.05) is 7.11 Å². The van der Waals surface area contributed by atoms with Crippen LogP contribution in [-0.2, 0) is 16.8 Å². The van der Waals surface area contributed by atoms with Crippen molar-refractivity contribution in [3.05, 3.63) is 23.3 Å². The van der Waals surface area contributed by atoms with E-state index in [1.807, 2.05) is 19.9 Å². The molecule has 1 unspecified atom stereocenters. The Balaban J connectivity index is 2.31. The van der Waals surface area contributed by atoms with E-state index in [0.717, 1.165) is 36.5 Å². The number of aromatic nitrogens is 2. The molecule has 17 heavy (non-hydrogen) atoms. The average molecular weight is 235 g/mol. The van der Waals surface area contributed by atoms with Crippen molar-refractivity contribution in [1.82, 2.24) is 9.97 Å². The lowest BCUT2D eigenvalue weighted by Gasteiger charge is -2.39. The SMILES string of the molecule is COC1(c2nc(C)cc(CC(C)N)n2)CCC1. The summed E-state index contributed by atoms with van der Waals surface area (Å²) in [6.45, 7) is 3.99. The van der Waals surface area contributed by atoms with Crippen molar-refractivity contribution in [3.63, 3.8) is 0 Å². The number of hydrogen-bond acceptors (Lipinski definition) is 4. The van der Waals surface area contributed by atoms with E-state index < -0.39 is 0 Å². The fraction of sp³-hybridized carbons (Fsp3) is 0.692. The van der Waals surface area contributed by atoms with Crippen LogP contribution in [0, 0.1) is 6.92 Å². The first-order valence-corrected chi connectivity index (χ1v) is 6.21. The highest BCUT2D eigenvalue weighted by Gasteiger charge is 2.41. The highest BCUT2D eigenvalue weighted by atomic mass is 16.5. The van der Waals surface area contributed by atoms with Gasteiger partial charge >= 0.3 is 0 Å². The minimum atomic E-state index is -0.237. The molecule has 0 aromatic carbocycles. The second kappa shape index (κ2) is 4.70. The molecule has 1 aromatic heterocycles. The molecule has 1 aliphatic rings. The van der Waals surface area contributed by atoms with Gasteiger partial charge in [0.05, 0.1) is 0 Å². The van der Waals surface area contributed by atoms with Gasteiger partial charge < -0.3 is 10.5 Å². The van der Waals surface area contributed by atoms with Gasteiger partial charge in [0, 0.05) is 31.0 Å². The Hall–Kier alpha value is -1.00. The number of methoxy groups -OCH3 is 1. The third-order valence-electron chi connectivity index (χ3n) is 3.40. The van der Waals surface area contributed by atoms with Crippen LogP contribution in [0.5, 0.6) is 0 Å². The van der Waals surface area contributed by atoms with E-state index in [1.165, 1.54) is 6.42 Å². The molecular weight excluding hydrogens is 214 g/mol. The van der Waals surface area contributed by atoms with Crippen LogP contribution in [0.2, 0.25) is 0 Å². The van der Waals surface area contributed by atoms with Crippen LogP contribution in [0.3, 0.4) is 0 Å². The van der Waals surface area contributed by atoms with Gasteiger partial charge in [0.2, 0.25) is 0 Å². The zero-order valence-electron chi connectivity index (χ0n) is 10.9. The fourth-order valence-corrected chi connectivity index (χ4v) is 2.29. The number of ether oxygens (including phenoxy) is 1. The van der Waals surface area contributed by atoms with Gasteiger partial charge in [0.15, 0.2) is 5.82 Å². The van der Waals surface area contributed by atoms with E-state index in [-0.39, 0.29) is 11.6 Å². The molecule has 4 nitrogen and oxygen atoms in total. The first-order chi connectivity index (χ1) is 8.05. The molecule has 1 aromatic rings. The molecule has 94 valence electrons. The van der Waals surface area contributed by atoms with E-state index in [9.17, 15) is 0 Å². The predicted octanol–water partition coefficient (Wildman–Crippen LogP) is 1.70. The van der Waals surface area contributed by atoms with Crippen molar-refractivity contribution in [3.8, 4) is 0 Å². The molecule has 0 saturated heterocycles. The summed E-state index contributed by atoms with van der Waals surface area (Å²) in [6, 6.07) is 2.13. The molecule has 0 aliphatic heterocycles. The van der Waals surface area contributed by atoms with Crippen LogP contribution in [-0.4, -0.2) is 23.1 Å². The third-order valence-corrected chi connectivity index (χ3v) is 3.40. The molecule has 1 heterocycles. The van der Waals surface area contributed by atoms with Crippen LogP contribution in [0.15, 0.2) is 6.07 Å². The number of nitrogens with two attached hydrogens (primary N) is 1. The Bertz CT molecular complexity index is 394. The maximum Gasteiger partial charge on any atom is 0.160 e. The van der Waals surface area contributed by atoms with Gasteiger partial charge in [-0.2, -0.15) is 0 Å². The minimum Gasteiger partial charge on any atom is -0.370 e. The molecule has 1 atom stereocenters. The zero-order chi connectivity index (χ0) is 12.5. The maximum absolute atomic E-state index is 5.82. The number of aryl methyl sites for hydroxylation is 1. The highest BCUT2D eigenvalue weighted by molar-refractivity contribution is 5.17. The van der Waals surface area contributed by atoms with Crippen LogP contribution in [0.1, 0.15) is 43.4 Å². The zero-order valence-corrected chi connectivity index (χ0v) is 10.9. The molecule has 2 rings (SSSR count). The Labute approximate surface area is 103 Å². The third kappa shape index (κ3) is 2.48. The summed E-state index contributed by atoms with van der Waals surface area (Å²) in [4.78, 5) is 9.15. The summed E-state index contributed by atoms with van der Waals surface area (Å²) in [5.74, 6) is 0.835. The summed E-state index contributed by atoms with van der Waals surface area (Å²) < 4.78 is 5.62. The van der Waals surface area contributed by atoms with E-state index in [2.05, 4.69) is 9.97 Å². The van der Waals surface area contributed by atoms with E-state index >= 15 is 0 Å². The Morgan fingerprint density at radius 2 is 2.18 bits per heavy atom. The molecule has 0 amide bonds. The first-order valence-electron chi connectivity index (χ1n) is 6.21. The van der Waals surface area contributed by atoms with Crippen LogP contribution < -0.4 is 5.73 Å². The van der Waals surface area contributed by atoms with Gasteiger partial charge in [0.25, 0.3) is 0 Å². The quantitative estimate of drug-likeness (QED) is 0.863. The average Bonchev–Trinajstić information content (AvgIpc) is 2.14. The van der Waals surface area contributed by atoms with Gasteiger partial charge in [-0.3, -0.25) is 0 Å². The summed E-state index contributed by atoms with van der Waals surface area (Å²) in [5, 5.41) is 0. The second-order valence-corrected chi connectivity index (χ2v) is 5.06.